The second-order valence-corrected chi connectivity index (χ2v) is 7.75. The number of anilines is 1. The molecule has 2 aliphatic rings. The van der Waals surface area contributed by atoms with Crippen molar-refractivity contribution in [2.24, 2.45) is 0 Å². The lowest BCUT2D eigenvalue weighted by atomic mass is 9.76. The van der Waals surface area contributed by atoms with Crippen LogP contribution in [-0.2, 0) is 10.2 Å². The van der Waals surface area contributed by atoms with E-state index in [1.54, 1.807) is 19.1 Å². The van der Waals surface area contributed by atoms with Gasteiger partial charge in [-0.2, -0.15) is 0 Å². The number of esters is 1. The maximum Gasteiger partial charge on any atom is 0.338 e. The van der Waals surface area contributed by atoms with Crippen molar-refractivity contribution < 1.29 is 19.2 Å². The van der Waals surface area contributed by atoms with Crippen LogP contribution in [0.4, 0.5) is 11.4 Å². The second kappa shape index (κ2) is 6.34. The third-order valence-electron chi connectivity index (χ3n) is 5.89. The van der Waals surface area contributed by atoms with Crippen LogP contribution in [0, 0.1) is 10.1 Å². The second-order valence-electron chi connectivity index (χ2n) is 7.75. The predicted molar refractivity (Wildman–Crippen MR) is 109 cm³/mol. The molecule has 0 aromatic heterocycles. The summed E-state index contributed by atoms with van der Waals surface area (Å²) >= 11 is 0. The van der Waals surface area contributed by atoms with Crippen LogP contribution in [-0.4, -0.2) is 30.3 Å². The van der Waals surface area contributed by atoms with Crippen molar-refractivity contribution in [3.63, 3.8) is 0 Å². The van der Waals surface area contributed by atoms with Crippen molar-refractivity contribution >= 4 is 23.4 Å². The fourth-order valence-electron chi connectivity index (χ4n) is 4.25. The van der Waals surface area contributed by atoms with E-state index < -0.39 is 16.1 Å². The molecule has 0 fully saturated rings. The van der Waals surface area contributed by atoms with E-state index in [0.717, 1.165) is 11.3 Å². The highest BCUT2D eigenvalue weighted by molar-refractivity contribution is 5.91. The summed E-state index contributed by atoms with van der Waals surface area (Å²) in [5, 5.41) is 11.1. The third-order valence-corrected chi connectivity index (χ3v) is 5.89. The molecule has 0 aliphatic carbocycles. The number of hydrogen-bond acceptors (Lipinski definition) is 6. The minimum absolute atomic E-state index is 0.0225. The predicted octanol–water partition coefficient (Wildman–Crippen LogP) is 4.30. The molecule has 1 atom stereocenters. The van der Waals surface area contributed by atoms with Gasteiger partial charge in [-0.1, -0.05) is 0 Å². The zero-order chi connectivity index (χ0) is 21.0. The lowest BCUT2D eigenvalue weighted by Crippen LogP contribution is -2.58. The zero-order valence-corrected chi connectivity index (χ0v) is 16.8. The van der Waals surface area contributed by atoms with Crippen LogP contribution in [0.1, 0.15) is 42.3 Å². The first-order valence-electron chi connectivity index (χ1n) is 9.43. The van der Waals surface area contributed by atoms with Crippen molar-refractivity contribution in [3.8, 4) is 5.75 Å². The van der Waals surface area contributed by atoms with Crippen molar-refractivity contribution in [2.45, 2.75) is 31.9 Å². The Balaban J connectivity index is 1.78. The molecule has 1 unspecified atom stereocenters. The summed E-state index contributed by atoms with van der Waals surface area (Å²) in [4.78, 5) is 24.9. The van der Waals surface area contributed by atoms with Gasteiger partial charge in [-0.15, -0.1) is 0 Å². The molecule has 150 valence electrons. The molecule has 7 nitrogen and oxygen atoms in total. The first kappa shape index (κ1) is 19.0. The zero-order valence-electron chi connectivity index (χ0n) is 16.8. The van der Waals surface area contributed by atoms with Crippen molar-refractivity contribution in [3.05, 3.63) is 69.3 Å². The molecule has 7 heteroatoms. The van der Waals surface area contributed by atoms with Crippen LogP contribution in [0.3, 0.4) is 0 Å². The summed E-state index contributed by atoms with van der Waals surface area (Å²) in [6.45, 7) is 6.22. The fourth-order valence-corrected chi connectivity index (χ4v) is 4.25. The number of carbonyl (C=O) groups is 1. The summed E-state index contributed by atoms with van der Waals surface area (Å²) < 4.78 is 11.6. The summed E-state index contributed by atoms with van der Waals surface area (Å²) in [5.74, 6) is 0.226. The summed E-state index contributed by atoms with van der Waals surface area (Å²) in [6, 6.07) is 10.1. The Morgan fingerprint density at radius 2 is 2.00 bits per heavy atom. The van der Waals surface area contributed by atoms with Gasteiger partial charge in [0.1, 0.15) is 5.75 Å². The number of nitro groups is 1. The number of benzene rings is 2. The van der Waals surface area contributed by atoms with Gasteiger partial charge >= 0.3 is 5.97 Å². The number of carbonyl (C=O) groups excluding carboxylic acids is 1. The number of fused-ring (bicyclic) bond motifs is 2. The topological polar surface area (TPSA) is 81.9 Å². The van der Waals surface area contributed by atoms with E-state index >= 15 is 0 Å². The van der Waals surface area contributed by atoms with E-state index in [1.165, 1.54) is 12.1 Å². The van der Waals surface area contributed by atoms with Crippen LogP contribution in [0.25, 0.3) is 6.08 Å². The van der Waals surface area contributed by atoms with Crippen LogP contribution >= 0.6 is 0 Å². The van der Waals surface area contributed by atoms with E-state index in [4.69, 9.17) is 9.47 Å². The SMILES string of the molecule is CCOC(=O)c1ccc2c(c1)C(C)(C)C1(C=Cc3cc([N+](=O)[O-])ccc3O1)N2C. The minimum atomic E-state index is -0.828. The first-order chi connectivity index (χ1) is 13.7. The van der Waals surface area contributed by atoms with Gasteiger partial charge in [0.15, 0.2) is 0 Å². The van der Waals surface area contributed by atoms with E-state index in [-0.39, 0.29) is 11.7 Å². The maximum atomic E-state index is 12.2. The van der Waals surface area contributed by atoms with Crippen LogP contribution in [0.2, 0.25) is 0 Å². The maximum absolute atomic E-state index is 12.2. The van der Waals surface area contributed by atoms with Gasteiger partial charge in [-0.05, 0) is 62.8 Å². The van der Waals surface area contributed by atoms with Crippen molar-refractivity contribution in [2.75, 3.05) is 18.6 Å². The number of rotatable bonds is 3. The van der Waals surface area contributed by atoms with Gasteiger partial charge < -0.3 is 14.4 Å². The Kier molecular flexibility index (Phi) is 4.15. The molecule has 2 aliphatic heterocycles. The number of ether oxygens (including phenoxy) is 2. The average Bonchev–Trinajstić information content (AvgIpc) is 2.86. The van der Waals surface area contributed by atoms with Gasteiger partial charge in [-0.3, -0.25) is 10.1 Å². The van der Waals surface area contributed by atoms with Gasteiger partial charge in [0.05, 0.1) is 22.5 Å². The Morgan fingerprint density at radius 1 is 1.24 bits per heavy atom. The van der Waals surface area contributed by atoms with E-state index in [0.29, 0.717) is 23.5 Å². The van der Waals surface area contributed by atoms with Crippen LogP contribution < -0.4 is 9.64 Å². The van der Waals surface area contributed by atoms with E-state index in [1.807, 2.05) is 36.2 Å². The largest absolute Gasteiger partial charge is 0.463 e. The number of nitrogens with zero attached hydrogens (tertiary/aromatic N) is 2. The van der Waals surface area contributed by atoms with Gasteiger partial charge in [0.25, 0.3) is 5.69 Å². The van der Waals surface area contributed by atoms with Crippen molar-refractivity contribution in [1.29, 1.82) is 0 Å². The molecule has 2 aromatic rings. The summed E-state index contributed by atoms with van der Waals surface area (Å²) in [5.41, 5.74) is 1.78. The molecule has 2 aromatic carbocycles. The lowest BCUT2D eigenvalue weighted by molar-refractivity contribution is -0.384. The Bertz CT molecular complexity index is 1060. The van der Waals surface area contributed by atoms with Gasteiger partial charge in [0.2, 0.25) is 5.72 Å². The standard InChI is InChI=1S/C22H22N2O5/c1-5-28-20(25)15-6-8-18-17(13-15)21(2,3)22(23(18)4)11-10-14-12-16(24(26)27)7-9-19(14)29-22/h6-13H,5H2,1-4H3. The molecule has 4 rings (SSSR count). The molecule has 1 spiro atoms. The molecule has 0 amide bonds. The lowest BCUT2D eigenvalue weighted by Gasteiger charge is -2.45. The van der Waals surface area contributed by atoms with Crippen LogP contribution in [0.15, 0.2) is 42.5 Å². The van der Waals surface area contributed by atoms with E-state index in [2.05, 4.69) is 13.8 Å². The summed E-state index contributed by atoms with van der Waals surface area (Å²) in [7, 11) is 1.94. The van der Waals surface area contributed by atoms with E-state index in [9.17, 15) is 14.9 Å². The molecule has 0 radical (unpaired) electrons. The minimum Gasteiger partial charge on any atom is -0.463 e. The molecule has 29 heavy (non-hydrogen) atoms. The molecule has 0 N–H and O–H groups in total. The fraction of sp³-hybridized carbons (Fsp3) is 0.318. The number of hydrogen-bond donors (Lipinski definition) is 0. The highest BCUT2D eigenvalue weighted by Gasteiger charge is 2.57. The highest BCUT2D eigenvalue weighted by Crippen LogP contribution is 2.54. The number of non-ortho nitro benzene ring substituents is 1. The van der Waals surface area contributed by atoms with Crippen molar-refractivity contribution in [1.82, 2.24) is 0 Å². The third kappa shape index (κ3) is 2.61. The Morgan fingerprint density at radius 3 is 2.69 bits per heavy atom. The first-order valence-corrected chi connectivity index (χ1v) is 9.43. The number of nitro benzene ring substituents is 1. The molecule has 0 bridgehead atoms. The molecule has 2 heterocycles. The Labute approximate surface area is 168 Å². The van der Waals surface area contributed by atoms with Crippen LogP contribution in [0.5, 0.6) is 5.75 Å². The summed E-state index contributed by atoms with van der Waals surface area (Å²) in [6.07, 6.45) is 3.80. The van der Waals surface area contributed by atoms with Gasteiger partial charge in [-0.25, -0.2) is 4.79 Å². The normalized spacial score (nSPS) is 20.8. The highest BCUT2D eigenvalue weighted by atomic mass is 16.6. The average molecular weight is 394 g/mol. The monoisotopic (exact) mass is 394 g/mol. The quantitative estimate of drug-likeness (QED) is 0.439. The molecular formula is C22H22N2O5. The Hall–Kier alpha value is -3.35. The smallest absolute Gasteiger partial charge is 0.338 e. The molecule has 0 saturated heterocycles. The molecular weight excluding hydrogens is 372 g/mol. The molecule has 0 saturated carbocycles. The van der Waals surface area contributed by atoms with Gasteiger partial charge in [0, 0.05) is 30.4 Å². The number of likely N-dealkylation sites (N-methyl/N-ethyl adjacent to an activating group) is 1.